The minimum absolute atomic E-state index is 0.116. The van der Waals surface area contributed by atoms with Crippen molar-refractivity contribution in [2.75, 3.05) is 6.54 Å². The summed E-state index contributed by atoms with van der Waals surface area (Å²) in [6, 6.07) is -0.115. The molecule has 0 saturated carbocycles. The number of alkyl halides is 2. The molecule has 1 saturated heterocycles. The van der Waals surface area contributed by atoms with E-state index in [0.717, 1.165) is 0 Å². The second kappa shape index (κ2) is 10.0. The van der Waals surface area contributed by atoms with Crippen molar-refractivity contribution in [3.8, 4) is 0 Å². The van der Waals surface area contributed by atoms with Gasteiger partial charge in [0.15, 0.2) is 0 Å². The molecule has 1 aliphatic heterocycles. The minimum Gasteiger partial charge on any atom is -0.481 e. The van der Waals surface area contributed by atoms with Crippen LogP contribution in [0.2, 0.25) is 5.02 Å². The summed E-state index contributed by atoms with van der Waals surface area (Å²) in [7, 11) is 0. The number of nitrogens with zero attached hydrogens (tertiary/aromatic N) is 1. The summed E-state index contributed by atoms with van der Waals surface area (Å²) in [6.45, 7) is 0.193. The fourth-order valence-electron chi connectivity index (χ4n) is 3.16. The fourth-order valence-corrected chi connectivity index (χ4v) is 3.34. The highest BCUT2D eigenvalue weighted by atomic mass is 35.5. The standard InChI is InChI=1S/C19H21ClF2N4O6/c1-9(24-16(30)10-2-3-13(23)12(20)4-10)18(32)26-8-19(21,22)6-14(26)17(31)25-11(7-27)5-15(28)29/h2-4,7,9,11,14H,5-6,8,23H2,1H3,(H,24,30)(H,25,31)(H,28,29)/p+1. The molecule has 3 atom stereocenters. The van der Waals surface area contributed by atoms with Gasteiger partial charge in [0, 0.05) is 18.1 Å². The summed E-state index contributed by atoms with van der Waals surface area (Å²) in [5, 5.41) is 13.4. The van der Waals surface area contributed by atoms with Crippen LogP contribution >= 0.6 is 11.6 Å². The molecule has 6 N–H and O–H groups in total. The molecule has 0 bridgehead atoms. The Bertz CT molecular complexity index is 944. The average Bonchev–Trinajstić information content (AvgIpc) is 3.03. The third-order valence-electron chi connectivity index (χ3n) is 4.78. The van der Waals surface area contributed by atoms with E-state index in [2.05, 4.69) is 16.4 Å². The molecule has 10 nitrogen and oxygen atoms in total. The average molecular weight is 476 g/mol. The zero-order valence-corrected chi connectivity index (χ0v) is 17.7. The number of halogens is 3. The molecule has 0 aliphatic carbocycles. The Kier molecular flexibility index (Phi) is 7.86. The number of aliphatic carboxylic acids is 1. The van der Waals surface area contributed by atoms with E-state index >= 15 is 0 Å². The molecule has 32 heavy (non-hydrogen) atoms. The summed E-state index contributed by atoms with van der Waals surface area (Å²) in [6.07, 6.45) is -1.59. The number of rotatable bonds is 8. The molecule has 1 aromatic carbocycles. The van der Waals surface area contributed by atoms with Crippen molar-refractivity contribution in [1.82, 2.24) is 15.5 Å². The largest absolute Gasteiger partial charge is 0.481 e. The van der Waals surface area contributed by atoms with E-state index in [1.807, 2.05) is 0 Å². The van der Waals surface area contributed by atoms with Gasteiger partial charge in [-0.15, -0.1) is 0 Å². The molecule has 0 aromatic heterocycles. The van der Waals surface area contributed by atoms with Crippen LogP contribution in [0.3, 0.4) is 0 Å². The smallest absolute Gasteiger partial charge is 0.305 e. The van der Waals surface area contributed by atoms with Gasteiger partial charge in [-0.3, -0.25) is 19.2 Å². The van der Waals surface area contributed by atoms with E-state index in [0.29, 0.717) is 10.6 Å². The Morgan fingerprint density at radius 1 is 1.34 bits per heavy atom. The maximum absolute atomic E-state index is 14.0. The molecule has 3 amide bonds. The summed E-state index contributed by atoms with van der Waals surface area (Å²) in [4.78, 5) is 59.9. The first kappa shape index (κ1) is 25.1. The van der Waals surface area contributed by atoms with Crippen molar-refractivity contribution in [3.05, 3.63) is 28.8 Å². The number of carboxylic acids is 1. The first-order valence-electron chi connectivity index (χ1n) is 9.42. The second-order valence-electron chi connectivity index (χ2n) is 7.39. The van der Waals surface area contributed by atoms with Gasteiger partial charge in [-0.1, -0.05) is 11.6 Å². The lowest BCUT2D eigenvalue weighted by Gasteiger charge is -2.27. The molecular weight excluding hydrogens is 454 g/mol. The number of quaternary nitrogens is 1. The third-order valence-corrected chi connectivity index (χ3v) is 5.13. The Morgan fingerprint density at radius 2 is 2.00 bits per heavy atom. The molecule has 1 heterocycles. The summed E-state index contributed by atoms with van der Waals surface area (Å²) >= 11 is 5.92. The lowest BCUT2D eigenvalue weighted by atomic mass is 10.1. The van der Waals surface area contributed by atoms with Gasteiger partial charge < -0.3 is 31.2 Å². The van der Waals surface area contributed by atoms with Gasteiger partial charge in [-0.05, 0) is 19.1 Å². The first-order chi connectivity index (χ1) is 14.8. The summed E-state index contributed by atoms with van der Waals surface area (Å²) in [5.74, 6) is -7.50. The molecule has 0 radical (unpaired) electrons. The SMILES string of the molecule is CC(NC(=O)c1ccc([NH3+])c(Cl)c1)C(=O)N1CC(F)(F)CC1C(=O)NC(C=O)CC(=O)O. The Balaban J connectivity index is 2.13. The highest BCUT2D eigenvalue weighted by Crippen LogP contribution is 2.32. The van der Waals surface area contributed by atoms with Gasteiger partial charge in [0.1, 0.15) is 29.1 Å². The molecule has 174 valence electrons. The van der Waals surface area contributed by atoms with Crippen LogP contribution in [-0.4, -0.2) is 70.6 Å². The number of hydrogen-bond acceptors (Lipinski definition) is 5. The second-order valence-corrected chi connectivity index (χ2v) is 7.80. The lowest BCUT2D eigenvalue weighted by Crippen LogP contribution is -2.54. The monoisotopic (exact) mass is 475 g/mol. The minimum atomic E-state index is -3.39. The van der Waals surface area contributed by atoms with Crippen molar-refractivity contribution in [1.29, 1.82) is 0 Å². The maximum atomic E-state index is 14.0. The van der Waals surface area contributed by atoms with Crippen molar-refractivity contribution in [2.24, 2.45) is 0 Å². The normalized spacial score (nSPS) is 19.0. The van der Waals surface area contributed by atoms with Crippen molar-refractivity contribution < 1.29 is 43.6 Å². The topological polar surface area (TPSA) is 161 Å². The van der Waals surface area contributed by atoms with Crippen LogP contribution in [0.4, 0.5) is 14.5 Å². The van der Waals surface area contributed by atoms with Gasteiger partial charge in [0.2, 0.25) is 11.8 Å². The predicted octanol–water partition coefficient (Wildman–Crippen LogP) is -0.274. The van der Waals surface area contributed by atoms with Crippen LogP contribution in [-0.2, 0) is 19.2 Å². The predicted molar refractivity (Wildman–Crippen MR) is 106 cm³/mol. The highest BCUT2D eigenvalue weighted by molar-refractivity contribution is 6.33. The van der Waals surface area contributed by atoms with Gasteiger partial charge in [0.05, 0.1) is 19.0 Å². The number of carbonyl (C=O) groups is 5. The van der Waals surface area contributed by atoms with E-state index in [9.17, 15) is 32.8 Å². The van der Waals surface area contributed by atoms with Crippen LogP contribution in [0.5, 0.6) is 0 Å². The number of likely N-dealkylation sites (tertiary alicyclic amines) is 1. The van der Waals surface area contributed by atoms with Crippen LogP contribution in [0.25, 0.3) is 0 Å². The van der Waals surface area contributed by atoms with Gasteiger partial charge in [-0.2, -0.15) is 0 Å². The van der Waals surface area contributed by atoms with Gasteiger partial charge in [0.25, 0.3) is 11.8 Å². The van der Waals surface area contributed by atoms with Crippen LogP contribution in [0, 0.1) is 0 Å². The van der Waals surface area contributed by atoms with Crippen molar-refractivity contribution in [3.63, 3.8) is 0 Å². The summed E-state index contributed by atoms with van der Waals surface area (Å²) in [5.41, 5.74) is 4.25. The Labute approximate surface area is 186 Å². The number of carbonyl (C=O) groups excluding carboxylic acids is 4. The highest BCUT2D eigenvalue weighted by Gasteiger charge is 2.51. The molecule has 1 fully saturated rings. The number of amides is 3. The van der Waals surface area contributed by atoms with E-state index in [1.165, 1.54) is 25.1 Å². The van der Waals surface area contributed by atoms with E-state index in [1.54, 1.807) is 0 Å². The van der Waals surface area contributed by atoms with Crippen LogP contribution in [0.15, 0.2) is 18.2 Å². The fraction of sp³-hybridized carbons (Fsp3) is 0.421. The number of hydrogen-bond donors (Lipinski definition) is 4. The number of benzene rings is 1. The van der Waals surface area contributed by atoms with Crippen molar-refractivity contribution in [2.45, 2.75) is 43.8 Å². The third kappa shape index (κ3) is 6.20. The molecule has 3 unspecified atom stereocenters. The Morgan fingerprint density at radius 3 is 2.56 bits per heavy atom. The lowest BCUT2D eigenvalue weighted by molar-refractivity contribution is -0.254. The zero-order valence-electron chi connectivity index (χ0n) is 16.9. The first-order valence-corrected chi connectivity index (χ1v) is 9.80. The number of nitrogens with one attached hydrogen (secondary N) is 2. The van der Waals surface area contributed by atoms with E-state index < -0.39 is 67.1 Å². The van der Waals surface area contributed by atoms with Crippen LogP contribution < -0.4 is 16.4 Å². The van der Waals surface area contributed by atoms with E-state index in [4.69, 9.17) is 16.7 Å². The summed E-state index contributed by atoms with van der Waals surface area (Å²) < 4.78 is 28.0. The molecular formula is C19H22ClF2N4O6+. The van der Waals surface area contributed by atoms with E-state index in [-0.39, 0.29) is 16.9 Å². The maximum Gasteiger partial charge on any atom is 0.305 e. The number of aldehydes is 1. The quantitative estimate of drug-likeness (QED) is 0.378. The molecule has 1 aliphatic rings. The van der Waals surface area contributed by atoms with Gasteiger partial charge >= 0.3 is 5.97 Å². The zero-order chi connectivity index (χ0) is 24.2. The van der Waals surface area contributed by atoms with Crippen molar-refractivity contribution >= 4 is 47.3 Å². The number of carboxylic acid groups (broad SMARTS) is 1. The molecule has 2 rings (SSSR count). The van der Waals surface area contributed by atoms with Gasteiger partial charge in [-0.25, -0.2) is 8.78 Å². The molecule has 13 heteroatoms. The molecule has 0 spiro atoms. The van der Waals surface area contributed by atoms with Crippen LogP contribution in [0.1, 0.15) is 30.1 Å². The molecule has 1 aromatic rings. The Hall–Kier alpha value is -3.12.